The summed E-state index contributed by atoms with van der Waals surface area (Å²) in [6.45, 7) is 8.97. The van der Waals surface area contributed by atoms with Crippen molar-refractivity contribution in [2.24, 2.45) is 0 Å². The maximum absolute atomic E-state index is 13.8. The maximum atomic E-state index is 13.8. The fourth-order valence-corrected chi connectivity index (χ4v) is 6.90. The van der Waals surface area contributed by atoms with Crippen molar-refractivity contribution in [1.82, 2.24) is 4.98 Å². The molecule has 2 atom stereocenters. The Labute approximate surface area is 260 Å². The second kappa shape index (κ2) is 12.3. The van der Waals surface area contributed by atoms with Gasteiger partial charge in [0.25, 0.3) is 5.78 Å². The van der Waals surface area contributed by atoms with Crippen molar-refractivity contribution >= 4 is 44.1 Å². The lowest BCUT2D eigenvalue weighted by atomic mass is 9.94. The number of aryl methyl sites for hydroxylation is 1. The Morgan fingerprint density at radius 2 is 1.89 bits per heavy atom. The lowest BCUT2D eigenvalue weighted by Gasteiger charge is -2.24. The van der Waals surface area contributed by atoms with Gasteiger partial charge in [0.1, 0.15) is 17.6 Å². The Morgan fingerprint density at radius 1 is 1.05 bits per heavy atom. The molecule has 6 rings (SSSR count). The van der Waals surface area contributed by atoms with Crippen molar-refractivity contribution < 1.29 is 28.9 Å². The summed E-state index contributed by atoms with van der Waals surface area (Å²) in [5.41, 5.74) is 3.79. The van der Waals surface area contributed by atoms with E-state index in [1.165, 1.54) is 16.2 Å². The number of ether oxygens (including phenoxy) is 3. The number of aliphatic hydroxyl groups is 1. The number of amides is 1. The molecule has 228 valence electrons. The molecule has 0 unspecified atom stereocenters. The number of aliphatic hydroxyl groups excluding tert-OH is 1. The van der Waals surface area contributed by atoms with Gasteiger partial charge in [-0.3, -0.25) is 14.5 Å². The van der Waals surface area contributed by atoms with Crippen molar-refractivity contribution in [3.63, 3.8) is 0 Å². The highest BCUT2D eigenvalue weighted by Gasteiger charge is 2.48. The van der Waals surface area contributed by atoms with Crippen LogP contribution in [0.1, 0.15) is 68.3 Å². The Hall–Kier alpha value is -4.37. The smallest absolute Gasteiger partial charge is 0.301 e. The minimum absolute atomic E-state index is 0.00332. The van der Waals surface area contributed by atoms with Gasteiger partial charge in [-0.05, 0) is 86.3 Å². The number of Topliss-reactive ketones (excluding diaryl/α,β-unsaturated/α-hetero) is 1. The third kappa shape index (κ3) is 5.52. The van der Waals surface area contributed by atoms with E-state index < -0.39 is 17.7 Å². The van der Waals surface area contributed by atoms with Crippen LogP contribution in [0.5, 0.6) is 17.2 Å². The summed E-state index contributed by atoms with van der Waals surface area (Å²) in [4.78, 5) is 33.8. The summed E-state index contributed by atoms with van der Waals surface area (Å²) in [6, 6.07) is 15.7. The van der Waals surface area contributed by atoms with Gasteiger partial charge < -0.3 is 19.3 Å². The molecule has 0 bridgehead atoms. The standard InChI is InChI=1S/C35H36N2O6S/c1-5-7-8-15-42-27-14-10-22(19-28(27)41-6-2)31-30(32(38)23-11-13-26-24(18-23)17-21(4)43-26)33(39)34(40)37(31)35-36-25-12-9-20(3)16-29(25)44-35/h9-14,16,18-19,21,31,38H,5-8,15,17H2,1-4H3/b32-30+/t21-,31+/m1/s1. The number of benzene rings is 3. The molecule has 0 saturated carbocycles. The zero-order valence-corrected chi connectivity index (χ0v) is 26.2. The molecule has 3 aromatic carbocycles. The molecule has 1 fully saturated rings. The third-order valence-corrected chi connectivity index (χ3v) is 8.96. The number of ketones is 1. The molecular weight excluding hydrogens is 576 g/mol. The van der Waals surface area contributed by atoms with Crippen LogP contribution in [0.25, 0.3) is 16.0 Å². The molecule has 2 aliphatic rings. The van der Waals surface area contributed by atoms with Crippen LogP contribution in [0.3, 0.4) is 0 Å². The lowest BCUT2D eigenvalue weighted by molar-refractivity contribution is -0.132. The molecule has 0 radical (unpaired) electrons. The number of aromatic nitrogens is 1. The van der Waals surface area contributed by atoms with Crippen molar-refractivity contribution in [2.45, 2.75) is 65.5 Å². The number of anilines is 1. The average molecular weight is 613 g/mol. The van der Waals surface area contributed by atoms with Gasteiger partial charge in [-0.2, -0.15) is 0 Å². The van der Waals surface area contributed by atoms with E-state index in [0.29, 0.717) is 47.4 Å². The predicted molar refractivity (Wildman–Crippen MR) is 172 cm³/mol. The molecule has 1 saturated heterocycles. The fraction of sp³-hybridized carbons (Fsp3) is 0.343. The van der Waals surface area contributed by atoms with Crippen LogP contribution in [0.4, 0.5) is 5.13 Å². The highest BCUT2D eigenvalue weighted by Crippen LogP contribution is 2.46. The topological polar surface area (TPSA) is 98.2 Å². The molecule has 9 heteroatoms. The number of hydrogen-bond donors (Lipinski definition) is 1. The summed E-state index contributed by atoms with van der Waals surface area (Å²) in [5, 5.41) is 12.1. The minimum atomic E-state index is -0.937. The first-order chi connectivity index (χ1) is 21.3. The maximum Gasteiger partial charge on any atom is 0.301 e. The predicted octanol–water partition coefficient (Wildman–Crippen LogP) is 7.52. The molecule has 0 aliphatic carbocycles. The van der Waals surface area contributed by atoms with Gasteiger partial charge in [-0.1, -0.05) is 43.2 Å². The van der Waals surface area contributed by atoms with Gasteiger partial charge in [0.2, 0.25) is 0 Å². The summed E-state index contributed by atoms with van der Waals surface area (Å²) < 4.78 is 18.8. The van der Waals surface area contributed by atoms with E-state index in [0.717, 1.165) is 46.4 Å². The summed E-state index contributed by atoms with van der Waals surface area (Å²) in [5.74, 6) is 0.0939. The molecular formula is C35H36N2O6S. The Morgan fingerprint density at radius 3 is 2.68 bits per heavy atom. The number of carbonyl (C=O) groups is 2. The third-order valence-electron chi connectivity index (χ3n) is 7.94. The van der Waals surface area contributed by atoms with E-state index in [1.807, 2.05) is 57.2 Å². The van der Waals surface area contributed by atoms with E-state index >= 15 is 0 Å². The SMILES string of the molecule is CCCCCOc1ccc([C@H]2/C(=C(\O)c3ccc4c(c3)C[C@@H](C)O4)C(=O)C(=O)N2c2nc3ccc(C)cc3s2)cc1OCC. The Balaban J connectivity index is 1.49. The number of rotatable bonds is 10. The monoisotopic (exact) mass is 612 g/mol. The average Bonchev–Trinajstić information content (AvgIpc) is 3.67. The molecule has 0 spiro atoms. The zero-order valence-electron chi connectivity index (χ0n) is 25.4. The molecule has 1 aromatic heterocycles. The number of carbonyl (C=O) groups excluding carboxylic acids is 2. The van der Waals surface area contributed by atoms with Gasteiger partial charge in [0, 0.05) is 12.0 Å². The van der Waals surface area contributed by atoms with E-state index in [2.05, 4.69) is 6.92 Å². The summed E-state index contributed by atoms with van der Waals surface area (Å²) in [7, 11) is 0. The molecule has 44 heavy (non-hydrogen) atoms. The highest BCUT2D eigenvalue weighted by atomic mass is 32.1. The van der Waals surface area contributed by atoms with Crippen molar-refractivity contribution in [1.29, 1.82) is 0 Å². The first-order valence-electron chi connectivity index (χ1n) is 15.2. The lowest BCUT2D eigenvalue weighted by Crippen LogP contribution is -2.29. The molecule has 4 aromatic rings. The van der Waals surface area contributed by atoms with Gasteiger partial charge in [-0.15, -0.1) is 0 Å². The van der Waals surface area contributed by atoms with Crippen LogP contribution in [-0.2, 0) is 16.0 Å². The van der Waals surface area contributed by atoms with E-state index in [4.69, 9.17) is 19.2 Å². The summed E-state index contributed by atoms with van der Waals surface area (Å²) >= 11 is 1.34. The van der Waals surface area contributed by atoms with Gasteiger partial charge in [0.05, 0.1) is 35.0 Å². The van der Waals surface area contributed by atoms with Crippen LogP contribution < -0.4 is 19.1 Å². The first kappa shape index (κ1) is 29.7. The van der Waals surface area contributed by atoms with E-state index in [1.54, 1.807) is 18.2 Å². The highest BCUT2D eigenvalue weighted by molar-refractivity contribution is 7.22. The number of hydrogen-bond acceptors (Lipinski definition) is 8. The zero-order chi connectivity index (χ0) is 31.0. The molecule has 1 amide bonds. The van der Waals surface area contributed by atoms with Crippen LogP contribution in [0.2, 0.25) is 0 Å². The van der Waals surface area contributed by atoms with Gasteiger partial charge in [0.15, 0.2) is 16.6 Å². The number of fused-ring (bicyclic) bond motifs is 2. The first-order valence-corrected chi connectivity index (χ1v) is 16.0. The molecule has 3 heterocycles. The van der Waals surface area contributed by atoms with Crippen LogP contribution >= 0.6 is 11.3 Å². The Kier molecular flexibility index (Phi) is 8.31. The molecule has 2 aliphatic heterocycles. The van der Waals surface area contributed by atoms with E-state index in [-0.39, 0.29) is 17.4 Å². The van der Waals surface area contributed by atoms with Crippen molar-refractivity contribution in [3.05, 3.63) is 82.4 Å². The Bertz CT molecular complexity index is 1780. The van der Waals surface area contributed by atoms with Gasteiger partial charge >= 0.3 is 5.91 Å². The van der Waals surface area contributed by atoms with Crippen LogP contribution in [0, 0.1) is 6.92 Å². The molecule has 8 nitrogen and oxygen atoms in total. The van der Waals surface area contributed by atoms with Crippen LogP contribution in [-0.4, -0.2) is 41.1 Å². The quantitative estimate of drug-likeness (QED) is 0.0856. The second-order valence-corrected chi connectivity index (χ2v) is 12.3. The van der Waals surface area contributed by atoms with Crippen molar-refractivity contribution in [3.8, 4) is 17.2 Å². The van der Waals surface area contributed by atoms with Crippen LogP contribution in [0.15, 0.2) is 60.2 Å². The normalized spacial score (nSPS) is 19.0. The van der Waals surface area contributed by atoms with E-state index in [9.17, 15) is 14.7 Å². The summed E-state index contributed by atoms with van der Waals surface area (Å²) in [6.07, 6.45) is 3.78. The largest absolute Gasteiger partial charge is 0.507 e. The van der Waals surface area contributed by atoms with Gasteiger partial charge in [-0.25, -0.2) is 4.98 Å². The molecule has 1 N–H and O–H groups in total. The number of nitrogens with zero attached hydrogens (tertiary/aromatic N) is 2. The number of unbranched alkanes of at least 4 members (excludes halogenated alkanes) is 2. The van der Waals surface area contributed by atoms with Crippen molar-refractivity contribution in [2.75, 3.05) is 18.1 Å². The minimum Gasteiger partial charge on any atom is -0.507 e. The second-order valence-electron chi connectivity index (χ2n) is 11.3. The number of thiazole rings is 1. The fourth-order valence-electron chi connectivity index (χ4n) is 5.81.